The number of ether oxygens (including phenoxy) is 1. The fraction of sp³-hybridized carbons (Fsp3) is 0.520. The van der Waals surface area contributed by atoms with Crippen LogP contribution in [0.15, 0.2) is 36.4 Å². The number of benzene rings is 2. The average Bonchev–Trinajstić information content (AvgIpc) is 2.77. The second kappa shape index (κ2) is 10.1. The molecule has 0 amide bonds. The number of fused-ring (bicyclic) bond motifs is 1. The number of aryl methyl sites for hydroxylation is 2. The SMILES string of the molecule is COC(NCC1CCNCC1)c1ccc2c(c1)CCCN2Cc1c(C)cccc1Cl. The summed E-state index contributed by atoms with van der Waals surface area (Å²) in [5, 5.41) is 7.95. The summed E-state index contributed by atoms with van der Waals surface area (Å²) >= 11 is 6.50. The van der Waals surface area contributed by atoms with Crippen LogP contribution in [0.4, 0.5) is 5.69 Å². The van der Waals surface area contributed by atoms with Gasteiger partial charge in [0.05, 0.1) is 0 Å². The molecular weight excluding hydrogens is 394 g/mol. The van der Waals surface area contributed by atoms with Gasteiger partial charge in [-0.15, -0.1) is 0 Å². The van der Waals surface area contributed by atoms with E-state index in [-0.39, 0.29) is 6.23 Å². The molecule has 1 unspecified atom stereocenters. The van der Waals surface area contributed by atoms with Crippen molar-refractivity contribution >= 4 is 17.3 Å². The van der Waals surface area contributed by atoms with E-state index in [0.717, 1.165) is 50.1 Å². The van der Waals surface area contributed by atoms with Gasteiger partial charge >= 0.3 is 0 Å². The molecule has 2 aromatic carbocycles. The molecule has 0 spiro atoms. The molecule has 0 aliphatic carbocycles. The Morgan fingerprint density at radius 3 is 2.83 bits per heavy atom. The third-order valence-electron chi connectivity index (χ3n) is 6.61. The maximum absolute atomic E-state index is 6.50. The van der Waals surface area contributed by atoms with Gasteiger partial charge in [0, 0.05) is 37.5 Å². The van der Waals surface area contributed by atoms with Gasteiger partial charge in [0.15, 0.2) is 0 Å². The van der Waals surface area contributed by atoms with Crippen molar-refractivity contribution in [1.29, 1.82) is 0 Å². The first kappa shape index (κ1) is 21.6. The van der Waals surface area contributed by atoms with Crippen LogP contribution in [0.1, 0.15) is 47.7 Å². The summed E-state index contributed by atoms with van der Waals surface area (Å²) in [5.41, 5.74) is 6.45. The lowest BCUT2D eigenvalue weighted by molar-refractivity contribution is 0.0681. The van der Waals surface area contributed by atoms with Gasteiger partial charge in [-0.3, -0.25) is 5.32 Å². The van der Waals surface area contributed by atoms with Crippen molar-refractivity contribution < 1.29 is 4.74 Å². The molecule has 1 atom stereocenters. The molecule has 30 heavy (non-hydrogen) atoms. The van der Waals surface area contributed by atoms with Gasteiger partial charge in [-0.1, -0.05) is 29.8 Å². The molecule has 2 aliphatic heterocycles. The Morgan fingerprint density at radius 1 is 1.23 bits per heavy atom. The van der Waals surface area contributed by atoms with Crippen LogP contribution in [-0.4, -0.2) is 33.3 Å². The number of nitrogens with zero attached hydrogens (tertiary/aromatic N) is 1. The lowest BCUT2D eigenvalue weighted by Crippen LogP contribution is -2.35. The molecule has 0 saturated carbocycles. The number of halogens is 1. The number of rotatable bonds is 7. The third-order valence-corrected chi connectivity index (χ3v) is 6.96. The Kier molecular flexibility index (Phi) is 7.32. The summed E-state index contributed by atoms with van der Waals surface area (Å²) in [6.45, 7) is 7.34. The highest BCUT2D eigenvalue weighted by Gasteiger charge is 2.22. The summed E-state index contributed by atoms with van der Waals surface area (Å²) < 4.78 is 5.81. The average molecular weight is 428 g/mol. The van der Waals surface area contributed by atoms with Gasteiger partial charge in [-0.05, 0) is 92.1 Å². The van der Waals surface area contributed by atoms with Gasteiger partial charge < -0.3 is 15.0 Å². The second-order valence-electron chi connectivity index (χ2n) is 8.67. The van der Waals surface area contributed by atoms with Gasteiger partial charge in [0.2, 0.25) is 0 Å². The van der Waals surface area contributed by atoms with E-state index < -0.39 is 0 Å². The van der Waals surface area contributed by atoms with Gasteiger partial charge in [0.25, 0.3) is 0 Å². The smallest absolute Gasteiger partial charge is 0.133 e. The first-order chi connectivity index (χ1) is 14.7. The molecule has 4 rings (SSSR count). The molecule has 1 saturated heterocycles. The van der Waals surface area contributed by atoms with Gasteiger partial charge in [0.1, 0.15) is 6.23 Å². The van der Waals surface area contributed by atoms with Crippen molar-refractivity contribution in [2.75, 3.05) is 38.2 Å². The van der Waals surface area contributed by atoms with Crippen molar-refractivity contribution in [2.24, 2.45) is 5.92 Å². The Bertz CT molecular complexity index is 830. The fourth-order valence-corrected chi connectivity index (χ4v) is 5.06. The largest absolute Gasteiger partial charge is 0.367 e. The summed E-state index contributed by atoms with van der Waals surface area (Å²) in [6.07, 6.45) is 4.71. The lowest BCUT2D eigenvalue weighted by Gasteiger charge is -2.33. The Hall–Kier alpha value is -1.59. The van der Waals surface area contributed by atoms with Crippen LogP contribution in [-0.2, 0) is 17.7 Å². The first-order valence-electron chi connectivity index (χ1n) is 11.2. The zero-order valence-electron chi connectivity index (χ0n) is 18.2. The van der Waals surface area contributed by atoms with Crippen LogP contribution in [0.2, 0.25) is 5.02 Å². The van der Waals surface area contributed by atoms with E-state index >= 15 is 0 Å². The van der Waals surface area contributed by atoms with E-state index in [2.05, 4.69) is 46.7 Å². The molecule has 2 heterocycles. The molecule has 5 heteroatoms. The molecule has 4 nitrogen and oxygen atoms in total. The Balaban J connectivity index is 1.48. The van der Waals surface area contributed by atoms with Crippen LogP contribution in [0, 0.1) is 12.8 Å². The highest BCUT2D eigenvalue weighted by molar-refractivity contribution is 6.31. The predicted molar refractivity (Wildman–Crippen MR) is 125 cm³/mol. The molecule has 2 aliphatic rings. The molecule has 2 aromatic rings. The summed E-state index contributed by atoms with van der Waals surface area (Å²) in [4.78, 5) is 2.47. The zero-order valence-corrected chi connectivity index (χ0v) is 19.0. The highest BCUT2D eigenvalue weighted by atomic mass is 35.5. The summed E-state index contributed by atoms with van der Waals surface area (Å²) in [6, 6.07) is 13.0. The standard InChI is InChI=1S/C25H34ClN3O/c1-18-5-3-7-23(26)22(18)17-29-14-4-6-20-15-21(8-9-24(20)29)25(30-2)28-16-19-10-12-27-13-11-19/h3,5,7-9,15,19,25,27-28H,4,6,10-14,16-17H2,1-2H3. The number of anilines is 1. The minimum absolute atomic E-state index is 0.0497. The molecule has 0 radical (unpaired) electrons. The quantitative estimate of drug-likeness (QED) is 0.620. The van der Waals surface area contributed by atoms with E-state index in [0.29, 0.717) is 0 Å². The zero-order chi connectivity index (χ0) is 20.9. The van der Waals surface area contributed by atoms with E-state index in [1.54, 1.807) is 7.11 Å². The molecule has 0 aromatic heterocycles. The van der Waals surface area contributed by atoms with E-state index in [1.807, 2.05) is 12.1 Å². The fourth-order valence-electron chi connectivity index (χ4n) is 4.78. The van der Waals surface area contributed by atoms with Crippen molar-refractivity contribution in [3.63, 3.8) is 0 Å². The van der Waals surface area contributed by atoms with Crippen LogP contribution in [0.25, 0.3) is 0 Å². The number of nitrogens with one attached hydrogen (secondary N) is 2. The van der Waals surface area contributed by atoms with E-state index in [1.165, 1.54) is 47.2 Å². The second-order valence-corrected chi connectivity index (χ2v) is 9.07. The van der Waals surface area contributed by atoms with Crippen LogP contribution < -0.4 is 15.5 Å². The Labute approximate surface area is 185 Å². The molecule has 2 N–H and O–H groups in total. The van der Waals surface area contributed by atoms with Crippen molar-refractivity contribution in [1.82, 2.24) is 10.6 Å². The van der Waals surface area contributed by atoms with Crippen molar-refractivity contribution in [3.05, 3.63) is 63.7 Å². The normalized spacial score (nSPS) is 18.3. The number of hydrogen-bond acceptors (Lipinski definition) is 4. The summed E-state index contributed by atoms with van der Waals surface area (Å²) in [5.74, 6) is 0.732. The molecule has 1 fully saturated rings. The van der Waals surface area contributed by atoms with Crippen molar-refractivity contribution in [2.45, 2.75) is 45.4 Å². The van der Waals surface area contributed by atoms with Crippen LogP contribution >= 0.6 is 11.6 Å². The number of piperidine rings is 1. The van der Waals surface area contributed by atoms with E-state index in [4.69, 9.17) is 16.3 Å². The molecular formula is C25H34ClN3O. The number of hydrogen-bond donors (Lipinski definition) is 2. The molecule has 0 bridgehead atoms. The van der Waals surface area contributed by atoms with Gasteiger partial charge in [-0.2, -0.15) is 0 Å². The highest BCUT2D eigenvalue weighted by Crippen LogP contribution is 2.33. The topological polar surface area (TPSA) is 36.5 Å². The van der Waals surface area contributed by atoms with E-state index in [9.17, 15) is 0 Å². The minimum atomic E-state index is -0.0497. The maximum Gasteiger partial charge on any atom is 0.133 e. The molecule has 162 valence electrons. The Morgan fingerprint density at radius 2 is 2.07 bits per heavy atom. The monoisotopic (exact) mass is 427 g/mol. The predicted octanol–water partition coefficient (Wildman–Crippen LogP) is 4.84. The lowest BCUT2D eigenvalue weighted by atomic mass is 9.96. The summed E-state index contributed by atoms with van der Waals surface area (Å²) in [7, 11) is 1.80. The van der Waals surface area contributed by atoms with Gasteiger partial charge in [-0.25, -0.2) is 0 Å². The third kappa shape index (κ3) is 5.00. The maximum atomic E-state index is 6.50. The van der Waals surface area contributed by atoms with Crippen molar-refractivity contribution in [3.8, 4) is 0 Å². The van der Waals surface area contributed by atoms with Crippen LogP contribution in [0.3, 0.4) is 0 Å². The van der Waals surface area contributed by atoms with Crippen LogP contribution in [0.5, 0.6) is 0 Å². The number of methoxy groups -OCH3 is 1. The first-order valence-corrected chi connectivity index (χ1v) is 11.6. The minimum Gasteiger partial charge on any atom is -0.367 e.